The van der Waals surface area contributed by atoms with Gasteiger partial charge in [-0.3, -0.25) is 4.79 Å². The Morgan fingerprint density at radius 2 is 1.48 bits per heavy atom. The quantitative estimate of drug-likeness (QED) is 0.330. The molecule has 0 spiro atoms. The highest BCUT2D eigenvalue weighted by atomic mass is 16.5. The molecule has 0 atom stereocenters. The number of rotatable bonds is 9. The molecule has 0 radical (unpaired) electrons. The Bertz CT molecular complexity index is 619. The third-order valence-electron chi connectivity index (χ3n) is 3.41. The summed E-state index contributed by atoms with van der Waals surface area (Å²) in [6.07, 6.45) is 5.60. The van der Waals surface area contributed by atoms with Crippen molar-refractivity contribution in [2.24, 2.45) is 10.2 Å². The van der Waals surface area contributed by atoms with Crippen LogP contribution >= 0.6 is 0 Å². The number of hydrogen-bond donors (Lipinski definition) is 0. The maximum Gasteiger partial charge on any atom is 0.150 e. The first kappa shape index (κ1) is 16.9. The van der Waals surface area contributed by atoms with Crippen molar-refractivity contribution in [3.8, 4) is 5.75 Å². The summed E-state index contributed by atoms with van der Waals surface area (Å²) in [5.74, 6) is 0.857. The molecule has 0 aliphatic carbocycles. The lowest BCUT2D eigenvalue weighted by atomic mass is 10.2. The summed E-state index contributed by atoms with van der Waals surface area (Å²) in [6, 6.07) is 14.5. The van der Waals surface area contributed by atoms with Gasteiger partial charge in [0.25, 0.3) is 0 Å². The van der Waals surface area contributed by atoms with Gasteiger partial charge in [-0.05, 0) is 55.0 Å². The van der Waals surface area contributed by atoms with Crippen LogP contribution in [0.4, 0.5) is 11.4 Å². The number of hydrogen-bond acceptors (Lipinski definition) is 4. The fourth-order valence-electron chi connectivity index (χ4n) is 2.06. The number of ether oxygens (including phenoxy) is 1. The predicted octanol–water partition coefficient (Wildman–Crippen LogP) is 5.87. The number of carbonyl (C=O) groups excluding carboxylic acids is 1. The summed E-state index contributed by atoms with van der Waals surface area (Å²) >= 11 is 0. The number of unbranched alkanes of at least 4 members (excludes halogenated alkanes) is 3. The highest BCUT2D eigenvalue weighted by Crippen LogP contribution is 2.21. The molecule has 0 aliphatic heterocycles. The van der Waals surface area contributed by atoms with Gasteiger partial charge in [0, 0.05) is 5.56 Å². The molecule has 0 bridgehead atoms. The van der Waals surface area contributed by atoms with Crippen LogP contribution in [0.1, 0.15) is 43.0 Å². The second-order valence-corrected chi connectivity index (χ2v) is 5.31. The first-order valence-electron chi connectivity index (χ1n) is 8.01. The Morgan fingerprint density at radius 1 is 0.870 bits per heavy atom. The molecule has 23 heavy (non-hydrogen) atoms. The van der Waals surface area contributed by atoms with Crippen molar-refractivity contribution < 1.29 is 9.53 Å². The number of benzene rings is 2. The first-order valence-corrected chi connectivity index (χ1v) is 8.01. The predicted molar refractivity (Wildman–Crippen MR) is 92.1 cm³/mol. The van der Waals surface area contributed by atoms with E-state index in [1.54, 1.807) is 24.3 Å². The molecule has 0 aliphatic rings. The smallest absolute Gasteiger partial charge is 0.150 e. The van der Waals surface area contributed by atoms with Gasteiger partial charge in [-0.2, -0.15) is 10.2 Å². The molecular weight excluding hydrogens is 288 g/mol. The van der Waals surface area contributed by atoms with Gasteiger partial charge in [0.1, 0.15) is 12.0 Å². The second-order valence-electron chi connectivity index (χ2n) is 5.31. The lowest BCUT2D eigenvalue weighted by Crippen LogP contribution is -1.96. The van der Waals surface area contributed by atoms with E-state index in [9.17, 15) is 4.79 Å². The Morgan fingerprint density at radius 3 is 2.04 bits per heavy atom. The van der Waals surface area contributed by atoms with Crippen LogP contribution < -0.4 is 4.74 Å². The van der Waals surface area contributed by atoms with Crippen LogP contribution in [0.2, 0.25) is 0 Å². The zero-order valence-electron chi connectivity index (χ0n) is 13.4. The standard InChI is InChI=1S/C19H22N2O2/c1-2-3-4-5-14-23-19-12-10-18(11-13-19)21-20-17-8-6-16(15-22)7-9-17/h6-13,15H,2-5,14H2,1H3. The summed E-state index contributed by atoms with van der Waals surface area (Å²) in [7, 11) is 0. The van der Waals surface area contributed by atoms with Crippen LogP contribution in [0.3, 0.4) is 0 Å². The third-order valence-corrected chi connectivity index (χ3v) is 3.41. The van der Waals surface area contributed by atoms with Crippen molar-refractivity contribution in [2.45, 2.75) is 32.6 Å². The molecule has 4 nitrogen and oxygen atoms in total. The molecule has 2 rings (SSSR count). The van der Waals surface area contributed by atoms with Gasteiger partial charge in [0.05, 0.1) is 18.0 Å². The van der Waals surface area contributed by atoms with E-state index in [0.29, 0.717) is 11.3 Å². The molecule has 2 aromatic carbocycles. The van der Waals surface area contributed by atoms with E-state index >= 15 is 0 Å². The zero-order valence-corrected chi connectivity index (χ0v) is 13.4. The molecule has 0 heterocycles. The number of azo groups is 1. The molecule has 0 N–H and O–H groups in total. The maximum absolute atomic E-state index is 10.6. The fraction of sp³-hybridized carbons (Fsp3) is 0.316. The monoisotopic (exact) mass is 310 g/mol. The highest BCUT2D eigenvalue weighted by molar-refractivity contribution is 5.75. The van der Waals surface area contributed by atoms with E-state index in [2.05, 4.69) is 17.2 Å². The van der Waals surface area contributed by atoms with E-state index in [0.717, 1.165) is 30.8 Å². The molecule has 2 aromatic rings. The molecule has 0 amide bonds. The van der Waals surface area contributed by atoms with Gasteiger partial charge in [0.15, 0.2) is 0 Å². The molecule has 0 saturated carbocycles. The third kappa shape index (κ3) is 6.02. The summed E-state index contributed by atoms with van der Waals surface area (Å²) in [5.41, 5.74) is 2.11. The SMILES string of the molecule is CCCCCCOc1ccc(N=Nc2ccc(C=O)cc2)cc1. The van der Waals surface area contributed by atoms with Crippen LogP contribution in [0, 0.1) is 0 Å². The lowest BCUT2D eigenvalue weighted by Gasteiger charge is -2.05. The van der Waals surface area contributed by atoms with Gasteiger partial charge >= 0.3 is 0 Å². The maximum atomic E-state index is 10.6. The summed E-state index contributed by atoms with van der Waals surface area (Å²) in [4.78, 5) is 10.6. The van der Waals surface area contributed by atoms with Crippen LogP contribution in [-0.2, 0) is 0 Å². The molecule has 0 aromatic heterocycles. The lowest BCUT2D eigenvalue weighted by molar-refractivity contribution is 0.112. The second kappa shape index (κ2) is 9.51. The van der Waals surface area contributed by atoms with Crippen LogP contribution in [0.25, 0.3) is 0 Å². The van der Waals surface area contributed by atoms with Crippen molar-refractivity contribution in [1.29, 1.82) is 0 Å². The fourth-order valence-corrected chi connectivity index (χ4v) is 2.06. The molecular formula is C19H22N2O2. The van der Waals surface area contributed by atoms with Crippen LogP contribution in [0.5, 0.6) is 5.75 Å². The zero-order chi connectivity index (χ0) is 16.3. The molecule has 4 heteroatoms. The van der Waals surface area contributed by atoms with Crippen LogP contribution in [-0.4, -0.2) is 12.9 Å². The van der Waals surface area contributed by atoms with Gasteiger partial charge in [-0.15, -0.1) is 0 Å². The van der Waals surface area contributed by atoms with Gasteiger partial charge in [-0.25, -0.2) is 0 Å². The van der Waals surface area contributed by atoms with Crippen molar-refractivity contribution in [3.05, 3.63) is 54.1 Å². The van der Waals surface area contributed by atoms with Crippen molar-refractivity contribution >= 4 is 17.7 Å². The highest BCUT2D eigenvalue weighted by Gasteiger charge is 1.96. The Kier molecular flexibility index (Phi) is 6.98. The van der Waals surface area contributed by atoms with Crippen LogP contribution in [0.15, 0.2) is 58.8 Å². The molecule has 0 fully saturated rings. The Balaban J connectivity index is 1.83. The number of nitrogens with zero attached hydrogens (tertiary/aromatic N) is 2. The normalized spacial score (nSPS) is 10.8. The van der Waals surface area contributed by atoms with Crippen molar-refractivity contribution in [1.82, 2.24) is 0 Å². The van der Waals surface area contributed by atoms with E-state index in [4.69, 9.17) is 4.74 Å². The summed E-state index contributed by atoms with van der Waals surface area (Å²) < 4.78 is 5.69. The van der Waals surface area contributed by atoms with Crippen molar-refractivity contribution in [3.63, 3.8) is 0 Å². The Hall–Kier alpha value is -2.49. The molecule has 0 unspecified atom stereocenters. The molecule has 120 valence electrons. The van der Waals surface area contributed by atoms with Gasteiger partial charge in [0.2, 0.25) is 0 Å². The first-order chi connectivity index (χ1) is 11.3. The molecule has 0 saturated heterocycles. The Labute approximate surface area is 137 Å². The van der Waals surface area contributed by atoms with E-state index < -0.39 is 0 Å². The van der Waals surface area contributed by atoms with Crippen molar-refractivity contribution in [2.75, 3.05) is 6.61 Å². The minimum Gasteiger partial charge on any atom is -0.494 e. The number of aldehydes is 1. The topological polar surface area (TPSA) is 51.0 Å². The van der Waals surface area contributed by atoms with Gasteiger partial charge in [-0.1, -0.05) is 26.2 Å². The average molecular weight is 310 g/mol. The van der Waals surface area contributed by atoms with E-state index in [1.165, 1.54) is 19.3 Å². The average Bonchev–Trinajstić information content (AvgIpc) is 2.61. The summed E-state index contributed by atoms with van der Waals surface area (Å²) in [5, 5.41) is 8.32. The summed E-state index contributed by atoms with van der Waals surface area (Å²) in [6.45, 7) is 2.95. The number of carbonyl (C=O) groups is 1. The largest absolute Gasteiger partial charge is 0.494 e. The van der Waals surface area contributed by atoms with E-state index in [-0.39, 0.29) is 0 Å². The van der Waals surface area contributed by atoms with Gasteiger partial charge < -0.3 is 4.74 Å². The minimum atomic E-state index is 0.629. The van der Waals surface area contributed by atoms with E-state index in [1.807, 2.05) is 24.3 Å². The minimum absolute atomic E-state index is 0.629.